The average molecular weight is 383 g/mol. The van der Waals surface area contributed by atoms with Gasteiger partial charge in [-0.15, -0.1) is 0 Å². The van der Waals surface area contributed by atoms with E-state index in [0.29, 0.717) is 30.3 Å². The highest BCUT2D eigenvalue weighted by Crippen LogP contribution is 2.34. The molecule has 2 aromatic rings. The Morgan fingerprint density at radius 2 is 1.79 bits per heavy atom. The molecular formula is C21H25N3O4. The molecule has 2 aromatic carbocycles. The molecule has 0 aromatic heterocycles. The predicted octanol–water partition coefficient (Wildman–Crippen LogP) is 3.20. The van der Waals surface area contributed by atoms with Gasteiger partial charge in [0.25, 0.3) is 0 Å². The molecule has 1 aliphatic rings. The normalized spacial score (nSPS) is 13.6. The lowest BCUT2D eigenvalue weighted by Gasteiger charge is -2.21. The van der Waals surface area contributed by atoms with Gasteiger partial charge in [0.15, 0.2) is 0 Å². The van der Waals surface area contributed by atoms with Crippen molar-refractivity contribution in [1.82, 2.24) is 4.90 Å². The molecule has 0 bridgehead atoms. The van der Waals surface area contributed by atoms with Crippen molar-refractivity contribution in [2.75, 3.05) is 44.1 Å². The Balaban J connectivity index is 1.72. The lowest BCUT2D eigenvalue weighted by Crippen LogP contribution is -2.37. The van der Waals surface area contributed by atoms with Crippen molar-refractivity contribution in [3.8, 4) is 11.5 Å². The van der Waals surface area contributed by atoms with Crippen LogP contribution in [0.1, 0.15) is 11.1 Å². The van der Waals surface area contributed by atoms with Crippen LogP contribution in [0.25, 0.3) is 0 Å². The van der Waals surface area contributed by atoms with Crippen LogP contribution in [0.4, 0.5) is 16.2 Å². The number of urea groups is 1. The fraction of sp³-hybridized carbons (Fsp3) is 0.333. The molecule has 28 heavy (non-hydrogen) atoms. The Morgan fingerprint density at radius 3 is 2.43 bits per heavy atom. The van der Waals surface area contributed by atoms with Crippen LogP contribution >= 0.6 is 0 Å². The Labute approximate surface area is 164 Å². The van der Waals surface area contributed by atoms with Crippen molar-refractivity contribution in [2.24, 2.45) is 0 Å². The minimum Gasteiger partial charge on any atom is -0.497 e. The standard InChI is InChI=1S/C21H25N3O4/c1-14-6-5-7-15(2)20(14)22-19(25)13-23-10-11-24(21(23)26)17-12-16(27-3)8-9-18(17)28-4/h5-9,12H,10-11,13H2,1-4H3,(H,22,25). The number of para-hydroxylation sites is 1. The molecule has 1 heterocycles. The molecular weight excluding hydrogens is 358 g/mol. The summed E-state index contributed by atoms with van der Waals surface area (Å²) in [5.74, 6) is 0.996. The summed E-state index contributed by atoms with van der Waals surface area (Å²) in [6, 6.07) is 10.9. The Kier molecular flexibility index (Phi) is 5.73. The molecule has 0 radical (unpaired) electrons. The van der Waals surface area contributed by atoms with Gasteiger partial charge in [-0.25, -0.2) is 4.79 Å². The topological polar surface area (TPSA) is 71.1 Å². The summed E-state index contributed by atoms with van der Waals surface area (Å²) in [6.45, 7) is 4.81. The van der Waals surface area contributed by atoms with Gasteiger partial charge in [0, 0.05) is 24.8 Å². The molecule has 0 atom stereocenters. The van der Waals surface area contributed by atoms with E-state index in [-0.39, 0.29) is 18.5 Å². The maximum Gasteiger partial charge on any atom is 0.325 e. The summed E-state index contributed by atoms with van der Waals surface area (Å²) in [5, 5.41) is 2.93. The minimum absolute atomic E-state index is 0.00457. The summed E-state index contributed by atoms with van der Waals surface area (Å²) < 4.78 is 10.6. The van der Waals surface area contributed by atoms with Crippen LogP contribution in [-0.2, 0) is 4.79 Å². The minimum atomic E-state index is -0.233. The van der Waals surface area contributed by atoms with Gasteiger partial charge in [0.2, 0.25) is 5.91 Å². The van der Waals surface area contributed by atoms with Crippen LogP contribution in [0.2, 0.25) is 0 Å². The number of aryl methyl sites for hydroxylation is 2. The Morgan fingerprint density at radius 1 is 1.07 bits per heavy atom. The average Bonchev–Trinajstić information content (AvgIpc) is 3.04. The maximum atomic E-state index is 12.9. The fourth-order valence-electron chi connectivity index (χ4n) is 3.32. The number of methoxy groups -OCH3 is 2. The molecule has 0 saturated carbocycles. The van der Waals surface area contributed by atoms with E-state index in [9.17, 15) is 9.59 Å². The first kappa shape index (κ1) is 19.5. The third-order valence-electron chi connectivity index (χ3n) is 4.85. The lowest BCUT2D eigenvalue weighted by atomic mass is 10.1. The van der Waals surface area contributed by atoms with Crippen molar-refractivity contribution in [3.63, 3.8) is 0 Å². The van der Waals surface area contributed by atoms with Crippen molar-refractivity contribution in [3.05, 3.63) is 47.5 Å². The van der Waals surface area contributed by atoms with E-state index >= 15 is 0 Å². The molecule has 1 aliphatic heterocycles. The summed E-state index contributed by atoms with van der Waals surface area (Å²) in [7, 11) is 3.13. The number of hydrogen-bond acceptors (Lipinski definition) is 4. The van der Waals surface area contributed by atoms with Gasteiger partial charge in [-0.1, -0.05) is 18.2 Å². The van der Waals surface area contributed by atoms with Gasteiger partial charge < -0.3 is 19.7 Å². The third kappa shape index (κ3) is 3.88. The zero-order valence-electron chi connectivity index (χ0n) is 16.6. The van der Waals surface area contributed by atoms with Crippen LogP contribution < -0.4 is 19.7 Å². The van der Waals surface area contributed by atoms with E-state index in [1.54, 1.807) is 37.3 Å². The first-order chi connectivity index (χ1) is 13.4. The quantitative estimate of drug-likeness (QED) is 0.832. The largest absolute Gasteiger partial charge is 0.497 e. The molecule has 1 N–H and O–H groups in total. The van der Waals surface area contributed by atoms with Gasteiger partial charge in [-0.05, 0) is 37.1 Å². The van der Waals surface area contributed by atoms with E-state index < -0.39 is 0 Å². The van der Waals surface area contributed by atoms with Crippen LogP contribution in [-0.4, -0.2) is 50.7 Å². The number of amides is 3. The predicted molar refractivity (Wildman–Crippen MR) is 108 cm³/mol. The number of carbonyl (C=O) groups is 2. The number of ether oxygens (including phenoxy) is 2. The number of nitrogens with one attached hydrogen (secondary N) is 1. The molecule has 7 nitrogen and oxygen atoms in total. The van der Waals surface area contributed by atoms with Crippen molar-refractivity contribution >= 4 is 23.3 Å². The molecule has 0 spiro atoms. The third-order valence-corrected chi connectivity index (χ3v) is 4.85. The number of rotatable bonds is 6. The second-order valence-corrected chi connectivity index (χ2v) is 6.71. The Bertz CT molecular complexity index is 877. The van der Waals surface area contributed by atoms with Gasteiger partial charge in [-0.3, -0.25) is 9.69 Å². The highest BCUT2D eigenvalue weighted by atomic mass is 16.5. The molecule has 0 unspecified atom stereocenters. The van der Waals surface area contributed by atoms with E-state index in [2.05, 4.69) is 5.32 Å². The molecule has 3 amide bonds. The number of nitrogens with zero attached hydrogens (tertiary/aromatic N) is 2. The first-order valence-electron chi connectivity index (χ1n) is 9.09. The molecule has 7 heteroatoms. The van der Waals surface area contributed by atoms with Gasteiger partial charge in [0.05, 0.1) is 19.9 Å². The zero-order valence-corrected chi connectivity index (χ0v) is 16.6. The lowest BCUT2D eigenvalue weighted by molar-refractivity contribution is -0.116. The van der Waals surface area contributed by atoms with Crippen LogP contribution in [0.3, 0.4) is 0 Å². The molecule has 148 valence electrons. The van der Waals surface area contributed by atoms with Gasteiger partial charge >= 0.3 is 6.03 Å². The van der Waals surface area contributed by atoms with E-state index in [1.165, 1.54) is 4.90 Å². The molecule has 0 aliphatic carbocycles. The summed E-state index contributed by atoms with van der Waals surface area (Å²) >= 11 is 0. The second kappa shape index (κ2) is 8.21. The highest BCUT2D eigenvalue weighted by Gasteiger charge is 2.32. The monoisotopic (exact) mass is 383 g/mol. The summed E-state index contributed by atoms with van der Waals surface area (Å²) in [4.78, 5) is 28.5. The molecule has 3 rings (SSSR count). The Hall–Kier alpha value is -3.22. The van der Waals surface area contributed by atoms with Crippen molar-refractivity contribution in [1.29, 1.82) is 0 Å². The fourth-order valence-corrected chi connectivity index (χ4v) is 3.32. The zero-order chi connectivity index (χ0) is 20.3. The van der Waals surface area contributed by atoms with Gasteiger partial charge in [0.1, 0.15) is 18.0 Å². The van der Waals surface area contributed by atoms with E-state index in [0.717, 1.165) is 16.8 Å². The second-order valence-electron chi connectivity index (χ2n) is 6.71. The number of hydrogen-bond donors (Lipinski definition) is 1. The SMILES string of the molecule is COc1ccc(OC)c(N2CCN(CC(=O)Nc3c(C)cccc3C)C2=O)c1. The maximum absolute atomic E-state index is 12.9. The molecule has 1 fully saturated rings. The van der Waals surface area contributed by atoms with Crippen molar-refractivity contribution < 1.29 is 19.1 Å². The number of carbonyl (C=O) groups excluding carboxylic acids is 2. The van der Waals surface area contributed by atoms with Gasteiger partial charge in [-0.2, -0.15) is 0 Å². The summed E-state index contributed by atoms with van der Waals surface area (Å²) in [5.41, 5.74) is 3.41. The number of anilines is 2. The highest BCUT2D eigenvalue weighted by molar-refractivity contribution is 6.00. The first-order valence-corrected chi connectivity index (χ1v) is 9.09. The molecule has 1 saturated heterocycles. The summed E-state index contributed by atoms with van der Waals surface area (Å²) in [6.07, 6.45) is 0. The van der Waals surface area contributed by atoms with E-state index in [1.807, 2.05) is 32.0 Å². The van der Waals surface area contributed by atoms with Crippen LogP contribution in [0, 0.1) is 13.8 Å². The van der Waals surface area contributed by atoms with E-state index in [4.69, 9.17) is 9.47 Å². The smallest absolute Gasteiger partial charge is 0.325 e. The van der Waals surface area contributed by atoms with Crippen LogP contribution in [0.5, 0.6) is 11.5 Å². The van der Waals surface area contributed by atoms with Crippen molar-refractivity contribution in [2.45, 2.75) is 13.8 Å². The van der Waals surface area contributed by atoms with Crippen LogP contribution in [0.15, 0.2) is 36.4 Å². The number of benzene rings is 2.